The quantitative estimate of drug-likeness (QED) is 0.804. The number of hydrogen-bond acceptors (Lipinski definition) is 4. The number of fused-ring (bicyclic) bond motifs is 1. The first kappa shape index (κ1) is 17.1. The van der Waals surface area contributed by atoms with E-state index in [1.54, 1.807) is 13.0 Å². The molecule has 1 unspecified atom stereocenters. The molecular formula is C17H23NO5. The summed E-state index contributed by atoms with van der Waals surface area (Å²) in [6.07, 6.45) is 1.22. The summed E-state index contributed by atoms with van der Waals surface area (Å²) in [4.78, 5) is 22.4. The molecule has 6 nitrogen and oxygen atoms in total. The fourth-order valence-corrected chi connectivity index (χ4v) is 2.57. The number of carbonyl (C=O) groups is 2. The van der Waals surface area contributed by atoms with Crippen LogP contribution in [0.25, 0.3) is 0 Å². The van der Waals surface area contributed by atoms with Gasteiger partial charge in [0.05, 0.1) is 0 Å². The summed E-state index contributed by atoms with van der Waals surface area (Å²) in [7, 11) is 0. The second-order valence-electron chi connectivity index (χ2n) is 6.47. The molecule has 1 atom stereocenters. The molecular weight excluding hydrogens is 298 g/mol. The van der Waals surface area contributed by atoms with Crippen LogP contribution >= 0.6 is 0 Å². The largest absolute Gasteiger partial charge is 0.483 e. The van der Waals surface area contributed by atoms with Gasteiger partial charge in [-0.25, -0.2) is 0 Å². The van der Waals surface area contributed by atoms with Crippen molar-refractivity contribution in [2.24, 2.45) is 0 Å². The van der Waals surface area contributed by atoms with Crippen LogP contribution in [0.1, 0.15) is 39.2 Å². The number of hydrogen-bond donors (Lipinski definition) is 2. The van der Waals surface area contributed by atoms with Crippen molar-refractivity contribution in [1.82, 2.24) is 5.32 Å². The molecule has 0 radical (unpaired) electrons. The van der Waals surface area contributed by atoms with Crippen molar-refractivity contribution < 1.29 is 24.2 Å². The Morgan fingerprint density at radius 1 is 1.43 bits per heavy atom. The van der Waals surface area contributed by atoms with Crippen LogP contribution < -0.4 is 14.8 Å². The molecule has 1 aliphatic rings. The molecule has 1 aromatic rings. The molecule has 1 aliphatic heterocycles. The van der Waals surface area contributed by atoms with Crippen molar-refractivity contribution in [2.45, 2.75) is 51.7 Å². The molecule has 0 aromatic heterocycles. The number of carbonyl (C=O) groups excluding carboxylic acids is 1. The SMILES string of the molecule is CC(CCC(=O)O)NC(=O)COc1cccc2c1OC(C)(C)C2. The number of benzene rings is 1. The van der Waals surface area contributed by atoms with Crippen molar-refractivity contribution in [3.63, 3.8) is 0 Å². The number of rotatable bonds is 7. The number of amides is 1. The molecule has 0 bridgehead atoms. The highest BCUT2D eigenvalue weighted by Gasteiger charge is 2.32. The van der Waals surface area contributed by atoms with Gasteiger partial charge < -0.3 is 19.9 Å². The highest BCUT2D eigenvalue weighted by atomic mass is 16.5. The van der Waals surface area contributed by atoms with Crippen molar-refractivity contribution >= 4 is 11.9 Å². The Balaban J connectivity index is 1.86. The van der Waals surface area contributed by atoms with Gasteiger partial charge >= 0.3 is 5.97 Å². The van der Waals surface area contributed by atoms with Crippen LogP contribution in [0.5, 0.6) is 11.5 Å². The van der Waals surface area contributed by atoms with E-state index in [1.807, 2.05) is 26.0 Å². The molecule has 0 fully saturated rings. The minimum absolute atomic E-state index is 0.0252. The van der Waals surface area contributed by atoms with E-state index in [2.05, 4.69) is 5.32 Å². The molecule has 0 aliphatic carbocycles. The molecule has 2 rings (SSSR count). The first-order valence-electron chi connectivity index (χ1n) is 7.72. The van der Waals surface area contributed by atoms with Crippen LogP contribution in [0.15, 0.2) is 18.2 Å². The lowest BCUT2D eigenvalue weighted by atomic mass is 10.0. The van der Waals surface area contributed by atoms with E-state index in [0.29, 0.717) is 17.9 Å². The Labute approximate surface area is 135 Å². The molecule has 1 heterocycles. The molecule has 1 amide bonds. The molecule has 126 valence electrons. The smallest absolute Gasteiger partial charge is 0.303 e. The lowest BCUT2D eigenvalue weighted by Gasteiger charge is -2.18. The third-order valence-electron chi connectivity index (χ3n) is 3.61. The Bertz CT molecular complexity index is 597. The van der Waals surface area contributed by atoms with Gasteiger partial charge in [-0.3, -0.25) is 9.59 Å². The second kappa shape index (κ2) is 6.89. The summed E-state index contributed by atoms with van der Waals surface area (Å²) in [6.45, 7) is 5.66. The monoisotopic (exact) mass is 321 g/mol. The number of nitrogens with one attached hydrogen (secondary N) is 1. The molecule has 0 saturated carbocycles. The summed E-state index contributed by atoms with van der Waals surface area (Å²) in [6, 6.07) is 5.44. The first-order valence-corrected chi connectivity index (χ1v) is 7.72. The Hall–Kier alpha value is -2.24. The van der Waals surface area contributed by atoms with Crippen LogP contribution in [-0.2, 0) is 16.0 Å². The minimum Gasteiger partial charge on any atom is -0.483 e. The van der Waals surface area contributed by atoms with E-state index < -0.39 is 5.97 Å². The molecule has 23 heavy (non-hydrogen) atoms. The standard InChI is InChI=1S/C17H23NO5/c1-11(7-8-15(20)21)18-14(19)10-22-13-6-4-5-12-9-17(2,3)23-16(12)13/h4-6,11H,7-10H2,1-3H3,(H,18,19)(H,20,21). The van der Waals surface area contributed by atoms with E-state index in [4.69, 9.17) is 14.6 Å². The zero-order valence-electron chi connectivity index (χ0n) is 13.7. The van der Waals surface area contributed by atoms with E-state index in [1.165, 1.54) is 0 Å². The van der Waals surface area contributed by atoms with Gasteiger partial charge in [-0.15, -0.1) is 0 Å². The molecule has 1 aromatic carbocycles. The van der Waals surface area contributed by atoms with Crippen molar-refractivity contribution in [1.29, 1.82) is 0 Å². The van der Waals surface area contributed by atoms with Crippen LogP contribution in [-0.4, -0.2) is 35.2 Å². The predicted octanol–water partition coefficient (Wildman–Crippen LogP) is 2.15. The maximum Gasteiger partial charge on any atom is 0.303 e. The van der Waals surface area contributed by atoms with Gasteiger partial charge in [0.15, 0.2) is 18.1 Å². The highest BCUT2D eigenvalue weighted by molar-refractivity contribution is 5.78. The van der Waals surface area contributed by atoms with Crippen molar-refractivity contribution in [3.05, 3.63) is 23.8 Å². The maximum atomic E-state index is 11.9. The lowest BCUT2D eigenvalue weighted by molar-refractivity contribution is -0.137. The van der Waals surface area contributed by atoms with Gasteiger partial charge in [0.25, 0.3) is 5.91 Å². The van der Waals surface area contributed by atoms with E-state index in [-0.39, 0.29) is 30.6 Å². The summed E-state index contributed by atoms with van der Waals surface area (Å²) < 4.78 is 11.5. The molecule has 6 heteroatoms. The van der Waals surface area contributed by atoms with Crippen LogP contribution in [0.2, 0.25) is 0 Å². The summed E-state index contributed by atoms with van der Waals surface area (Å²) in [5.41, 5.74) is 0.804. The topological polar surface area (TPSA) is 84.9 Å². The van der Waals surface area contributed by atoms with Crippen molar-refractivity contribution in [3.8, 4) is 11.5 Å². The van der Waals surface area contributed by atoms with Gasteiger partial charge in [0.1, 0.15) is 5.60 Å². The van der Waals surface area contributed by atoms with Gasteiger partial charge in [0, 0.05) is 24.4 Å². The van der Waals surface area contributed by atoms with Gasteiger partial charge in [0.2, 0.25) is 0 Å². The van der Waals surface area contributed by atoms with E-state index >= 15 is 0 Å². The fraction of sp³-hybridized carbons (Fsp3) is 0.529. The second-order valence-corrected chi connectivity index (χ2v) is 6.47. The summed E-state index contributed by atoms with van der Waals surface area (Å²) >= 11 is 0. The first-order chi connectivity index (χ1) is 10.8. The third kappa shape index (κ3) is 4.87. The van der Waals surface area contributed by atoms with Crippen LogP contribution in [0.3, 0.4) is 0 Å². The minimum atomic E-state index is -0.873. The third-order valence-corrected chi connectivity index (χ3v) is 3.61. The fourth-order valence-electron chi connectivity index (χ4n) is 2.57. The van der Waals surface area contributed by atoms with E-state index in [0.717, 1.165) is 12.0 Å². The van der Waals surface area contributed by atoms with Crippen LogP contribution in [0, 0.1) is 0 Å². The number of aliphatic carboxylic acids is 1. The highest BCUT2D eigenvalue weighted by Crippen LogP contribution is 2.41. The Morgan fingerprint density at radius 2 is 2.17 bits per heavy atom. The molecule has 0 saturated heterocycles. The average Bonchev–Trinajstić information content (AvgIpc) is 2.77. The summed E-state index contributed by atoms with van der Waals surface area (Å²) in [5, 5.41) is 11.4. The average molecular weight is 321 g/mol. The van der Waals surface area contributed by atoms with Gasteiger partial charge in [-0.05, 0) is 33.3 Å². The lowest BCUT2D eigenvalue weighted by Crippen LogP contribution is -2.36. The molecule has 0 spiro atoms. The van der Waals surface area contributed by atoms with Crippen molar-refractivity contribution in [2.75, 3.05) is 6.61 Å². The van der Waals surface area contributed by atoms with Gasteiger partial charge in [-0.2, -0.15) is 0 Å². The van der Waals surface area contributed by atoms with Crippen LogP contribution in [0.4, 0.5) is 0 Å². The maximum absolute atomic E-state index is 11.9. The van der Waals surface area contributed by atoms with Gasteiger partial charge in [-0.1, -0.05) is 12.1 Å². The number of carboxylic acids is 1. The zero-order chi connectivity index (χ0) is 17.0. The number of ether oxygens (including phenoxy) is 2. The summed E-state index contributed by atoms with van der Waals surface area (Å²) in [5.74, 6) is 0.102. The molecule has 2 N–H and O–H groups in total. The van der Waals surface area contributed by atoms with E-state index in [9.17, 15) is 9.59 Å². The Morgan fingerprint density at radius 3 is 2.87 bits per heavy atom. The number of para-hydroxylation sites is 1. The predicted molar refractivity (Wildman–Crippen MR) is 84.8 cm³/mol. The zero-order valence-corrected chi connectivity index (χ0v) is 13.7. The normalized spacial score (nSPS) is 16.1. The Kier molecular flexibility index (Phi) is 5.13. The number of carboxylic acid groups (broad SMARTS) is 1.